The Hall–Kier alpha value is -3.65. The van der Waals surface area contributed by atoms with Gasteiger partial charge in [-0.1, -0.05) is 48.5 Å². The van der Waals surface area contributed by atoms with Crippen LogP contribution in [0.3, 0.4) is 0 Å². The number of benzene rings is 3. The van der Waals surface area contributed by atoms with Crippen LogP contribution in [-0.2, 0) is 16.0 Å². The summed E-state index contributed by atoms with van der Waals surface area (Å²) in [6, 6.07) is 20.7. The normalized spacial score (nSPS) is 14.9. The first kappa shape index (κ1) is 27.9. The number of carbonyl (C=O) groups is 2. The zero-order valence-electron chi connectivity index (χ0n) is 23.6. The van der Waals surface area contributed by atoms with Crippen molar-refractivity contribution in [1.82, 2.24) is 10.2 Å². The summed E-state index contributed by atoms with van der Waals surface area (Å²) in [4.78, 5) is 30.0. The average molecular weight is 560 g/mol. The van der Waals surface area contributed by atoms with Crippen molar-refractivity contribution in [3.63, 3.8) is 0 Å². The number of hydrogen-bond acceptors (Lipinski definition) is 6. The van der Waals surface area contributed by atoms with Crippen molar-refractivity contribution in [2.75, 3.05) is 37.7 Å². The number of nitrogens with zero attached hydrogens (tertiary/aromatic N) is 2. The fraction of sp³-hybridized carbons (Fsp3) is 0.375. The monoisotopic (exact) mass is 559 g/mol. The first-order valence-electron chi connectivity index (χ1n) is 13.7. The van der Waals surface area contributed by atoms with E-state index in [1.165, 1.54) is 22.3 Å². The van der Waals surface area contributed by atoms with E-state index in [-0.39, 0.29) is 18.6 Å². The first-order chi connectivity index (χ1) is 19.1. The first-order valence-corrected chi connectivity index (χ1v) is 14.2. The molecule has 40 heavy (non-hydrogen) atoms. The van der Waals surface area contributed by atoms with Crippen molar-refractivity contribution in [3.05, 3.63) is 82.9 Å². The molecule has 0 atom stereocenters. The van der Waals surface area contributed by atoms with Crippen molar-refractivity contribution in [2.45, 2.75) is 50.7 Å². The minimum absolute atomic E-state index is 0.0209. The number of hydrogen-bond donors (Lipinski definition) is 2. The largest absolute Gasteiger partial charge is 0.449 e. The molecule has 0 unspecified atom stereocenters. The maximum absolute atomic E-state index is 12.7. The zero-order valence-corrected chi connectivity index (χ0v) is 24.5. The van der Waals surface area contributed by atoms with Crippen molar-refractivity contribution in [2.24, 2.45) is 0 Å². The Labute approximate surface area is 241 Å². The molecule has 0 radical (unpaired) electrons. The third-order valence-electron chi connectivity index (χ3n) is 7.47. The molecule has 3 aromatic rings. The maximum Gasteiger partial charge on any atom is 0.410 e. The van der Waals surface area contributed by atoms with Crippen molar-refractivity contribution >= 4 is 30.5 Å². The topological polar surface area (TPSA) is 71.1 Å². The number of piperazine rings is 1. The van der Waals surface area contributed by atoms with Crippen LogP contribution < -0.4 is 10.2 Å². The molecular weight excluding hydrogens is 522 g/mol. The lowest BCUT2D eigenvalue weighted by atomic mass is 9.98. The van der Waals surface area contributed by atoms with Gasteiger partial charge in [-0.15, -0.1) is 12.6 Å². The number of fused-ring (bicyclic) bond motifs is 3. The molecule has 1 aliphatic heterocycles. The van der Waals surface area contributed by atoms with Crippen LogP contribution in [0.2, 0.25) is 0 Å². The molecular formula is C32H37N3O4S. The van der Waals surface area contributed by atoms with Crippen LogP contribution in [0, 0.1) is 6.92 Å². The molecule has 1 heterocycles. The lowest BCUT2D eigenvalue weighted by Crippen LogP contribution is -2.50. The quantitative estimate of drug-likeness (QED) is 0.355. The molecule has 3 aromatic carbocycles. The molecule has 5 rings (SSSR count). The standard InChI is InChI=1S/C32H37N3O4S/c1-21-28(34-13-15-35(16-14-34)31(37)39-32(2,3)4)17-22(18-29(21)40)19-33-30(36)38-20-27-25-11-7-5-9-23(25)24-10-6-8-12-26(24)27/h5-12,17-18,27,40H,13-16,19-20H2,1-4H3,(H,33,36). The fourth-order valence-electron chi connectivity index (χ4n) is 5.45. The Bertz CT molecular complexity index is 1360. The number of carbonyl (C=O) groups excluding carboxylic acids is 2. The maximum atomic E-state index is 12.7. The van der Waals surface area contributed by atoms with Gasteiger partial charge < -0.3 is 24.6 Å². The minimum Gasteiger partial charge on any atom is -0.449 e. The molecule has 0 spiro atoms. The molecule has 7 nitrogen and oxygen atoms in total. The summed E-state index contributed by atoms with van der Waals surface area (Å²) < 4.78 is 11.2. The summed E-state index contributed by atoms with van der Waals surface area (Å²) in [5, 5.41) is 2.91. The van der Waals surface area contributed by atoms with Crippen LogP contribution in [0.4, 0.5) is 15.3 Å². The van der Waals surface area contributed by atoms with E-state index in [1.807, 2.05) is 58.0 Å². The van der Waals surface area contributed by atoms with Crippen LogP contribution >= 0.6 is 12.6 Å². The minimum atomic E-state index is -0.514. The number of alkyl carbamates (subject to hydrolysis) is 1. The molecule has 1 aliphatic carbocycles. The van der Waals surface area contributed by atoms with E-state index in [2.05, 4.69) is 40.5 Å². The summed E-state index contributed by atoms with van der Waals surface area (Å²) in [6.07, 6.45) is -0.726. The van der Waals surface area contributed by atoms with Gasteiger partial charge in [0.1, 0.15) is 12.2 Å². The number of ether oxygens (including phenoxy) is 2. The molecule has 0 aromatic heterocycles. The highest BCUT2D eigenvalue weighted by Crippen LogP contribution is 2.44. The Balaban J connectivity index is 1.18. The average Bonchev–Trinajstić information content (AvgIpc) is 3.25. The van der Waals surface area contributed by atoms with Gasteiger partial charge in [0.25, 0.3) is 0 Å². The third kappa shape index (κ3) is 6.07. The molecule has 2 aliphatic rings. The molecule has 1 N–H and O–H groups in total. The number of thiol groups is 1. The van der Waals surface area contributed by atoms with E-state index in [1.54, 1.807) is 4.90 Å². The number of anilines is 1. The number of nitrogens with one attached hydrogen (secondary N) is 1. The summed E-state index contributed by atoms with van der Waals surface area (Å²) in [6.45, 7) is 10.8. The molecule has 210 valence electrons. The van der Waals surface area contributed by atoms with Crippen LogP contribution in [0.1, 0.15) is 48.9 Å². The Morgan fingerprint density at radius 2 is 1.55 bits per heavy atom. The Kier molecular flexibility index (Phi) is 7.99. The summed E-state index contributed by atoms with van der Waals surface area (Å²) in [5.74, 6) is 0.0209. The van der Waals surface area contributed by atoms with Gasteiger partial charge in [0.15, 0.2) is 0 Å². The van der Waals surface area contributed by atoms with E-state index >= 15 is 0 Å². The second-order valence-electron chi connectivity index (χ2n) is 11.4. The molecule has 8 heteroatoms. The smallest absolute Gasteiger partial charge is 0.410 e. The van der Waals surface area contributed by atoms with Crippen LogP contribution in [0.25, 0.3) is 11.1 Å². The van der Waals surface area contributed by atoms with Gasteiger partial charge in [0.05, 0.1) is 0 Å². The van der Waals surface area contributed by atoms with E-state index in [9.17, 15) is 9.59 Å². The Morgan fingerprint density at radius 3 is 2.15 bits per heavy atom. The van der Waals surface area contributed by atoms with E-state index in [0.717, 1.165) is 21.7 Å². The molecule has 2 amide bonds. The van der Waals surface area contributed by atoms with Crippen LogP contribution in [0.15, 0.2) is 65.6 Å². The number of amides is 2. The lowest BCUT2D eigenvalue weighted by Gasteiger charge is -2.37. The van der Waals surface area contributed by atoms with Crippen molar-refractivity contribution in [3.8, 4) is 11.1 Å². The highest BCUT2D eigenvalue weighted by molar-refractivity contribution is 7.80. The van der Waals surface area contributed by atoms with E-state index < -0.39 is 11.7 Å². The van der Waals surface area contributed by atoms with Gasteiger partial charge in [-0.25, -0.2) is 9.59 Å². The molecule has 0 bridgehead atoms. The van der Waals surface area contributed by atoms with Gasteiger partial charge in [-0.3, -0.25) is 0 Å². The second kappa shape index (κ2) is 11.5. The van der Waals surface area contributed by atoms with Gasteiger partial charge in [-0.2, -0.15) is 0 Å². The molecule has 1 saturated heterocycles. The third-order valence-corrected chi connectivity index (χ3v) is 7.93. The number of rotatable bonds is 5. The van der Waals surface area contributed by atoms with Crippen molar-refractivity contribution < 1.29 is 19.1 Å². The van der Waals surface area contributed by atoms with Crippen LogP contribution in [-0.4, -0.2) is 55.5 Å². The second-order valence-corrected chi connectivity index (χ2v) is 11.9. The molecule has 0 saturated carbocycles. The summed E-state index contributed by atoms with van der Waals surface area (Å²) >= 11 is 4.70. The highest BCUT2D eigenvalue weighted by atomic mass is 32.1. The predicted molar refractivity (Wildman–Crippen MR) is 160 cm³/mol. The SMILES string of the molecule is Cc1c(S)cc(CNC(=O)OCC2c3ccccc3-c3ccccc32)cc1N1CCN(C(=O)OC(C)(C)C)CC1. The Morgan fingerprint density at radius 1 is 0.950 bits per heavy atom. The molecule has 1 fully saturated rings. The lowest BCUT2D eigenvalue weighted by molar-refractivity contribution is 0.0240. The highest BCUT2D eigenvalue weighted by Gasteiger charge is 2.29. The van der Waals surface area contributed by atoms with E-state index in [4.69, 9.17) is 22.1 Å². The fourth-order valence-corrected chi connectivity index (χ4v) is 5.73. The zero-order chi connectivity index (χ0) is 28.4. The van der Waals surface area contributed by atoms with Gasteiger partial charge >= 0.3 is 12.2 Å². The van der Waals surface area contributed by atoms with E-state index in [0.29, 0.717) is 32.7 Å². The van der Waals surface area contributed by atoms with Gasteiger partial charge in [-0.05, 0) is 73.2 Å². The van der Waals surface area contributed by atoms with Gasteiger partial charge in [0.2, 0.25) is 0 Å². The van der Waals surface area contributed by atoms with Crippen molar-refractivity contribution in [1.29, 1.82) is 0 Å². The van der Waals surface area contributed by atoms with Gasteiger partial charge in [0, 0.05) is 49.2 Å². The van der Waals surface area contributed by atoms with Crippen LogP contribution in [0.5, 0.6) is 0 Å². The predicted octanol–water partition coefficient (Wildman–Crippen LogP) is 6.38. The summed E-state index contributed by atoms with van der Waals surface area (Å²) in [5.41, 5.74) is 7.32. The summed E-state index contributed by atoms with van der Waals surface area (Å²) in [7, 11) is 0.